The first-order valence-corrected chi connectivity index (χ1v) is 15.2. The van der Waals surface area contributed by atoms with E-state index in [9.17, 15) is 0 Å². The Bertz CT molecular complexity index is 1940. The molecule has 5 aromatic carbocycles. The van der Waals surface area contributed by atoms with E-state index < -0.39 is 0 Å². The fourth-order valence-electron chi connectivity index (χ4n) is 7.01. The van der Waals surface area contributed by atoms with E-state index in [4.69, 9.17) is 0 Å². The number of benzene rings is 5. The summed E-state index contributed by atoms with van der Waals surface area (Å²) in [6.07, 6.45) is 18.1. The van der Waals surface area contributed by atoms with Crippen LogP contribution in [0.5, 0.6) is 0 Å². The Labute approximate surface area is 254 Å². The number of allylic oxidation sites excluding steroid dienone is 5. The maximum absolute atomic E-state index is 2.60. The molecule has 0 aliphatic heterocycles. The third kappa shape index (κ3) is 4.42. The Morgan fingerprint density at radius 1 is 0.674 bits per heavy atom. The van der Waals surface area contributed by atoms with Crippen LogP contribution in [-0.2, 0) is 6.42 Å². The molecule has 0 amide bonds. The van der Waals surface area contributed by atoms with Crippen LogP contribution in [0, 0.1) is 5.92 Å². The minimum Gasteiger partial charge on any atom is -0.344 e. The molecule has 2 heteroatoms. The van der Waals surface area contributed by atoms with E-state index in [1.54, 1.807) is 0 Å². The van der Waals surface area contributed by atoms with Crippen LogP contribution < -0.4 is 9.80 Å². The van der Waals surface area contributed by atoms with Gasteiger partial charge in [0.2, 0.25) is 0 Å². The molecule has 0 radical (unpaired) electrons. The maximum atomic E-state index is 2.60. The Morgan fingerprint density at radius 2 is 1.42 bits per heavy atom. The van der Waals surface area contributed by atoms with Crippen molar-refractivity contribution in [3.63, 3.8) is 0 Å². The molecule has 0 aromatic heterocycles. The van der Waals surface area contributed by atoms with Crippen LogP contribution in [0.3, 0.4) is 0 Å². The first-order valence-electron chi connectivity index (χ1n) is 15.2. The van der Waals surface area contributed by atoms with Gasteiger partial charge in [0.05, 0.1) is 5.54 Å². The summed E-state index contributed by atoms with van der Waals surface area (Å²) in [7, 11) is 2.18. The fraction of sp³-hybridized carbons (Fsp3) is 0.122. The molecular formula is C41H34N2. The SMILES string of the molecule is CN(c1ccc(N(c2cccc3ccccc23)C23C=CC(c4ccccc4)=CC2C3)cc1)c1cccc2c1C=CC=CC2. The van der Waals surface area contributed by atoms with E-state index >= 15 is 0 Å². The van der Waals surface area contributed by atoms with Gasteiger partial charge in [-0.3, -0.25) is 0 Å². The Balaban J connectivity index is 1.19. The highest BCUT2D eigenvalue weighted by molar-refractivity contribution is 5.97. The first kappa shape index (κ1) is 25.6. The van der Waals surface area contributed by atoms with Crippen molar-refractivity contribution in [2.75, 3.05) is 16.8 Å². The van der Waals surface area contributed by atoms with E-state index in [-0.39, 0.29) is 5.54 Å². The molecule has 2 nitrogen and oxygen atoms in total. The van der Waals surface area contributed by atoms with Crippen LogP contribution in [0.1, 0.15) is 23.1 Å². The predicted molar refractivity (Wildman–Crippen MR) is 183 cm³/mol. The van der Waals surface area contributed by atoms with Crippen LogP contribution in [0.2, 0.25) is 0 Å². The van der Waals surface area contributed by atoms with Crippen molar-refractivity contribution >= 4 is 45.2 Å². The molecule has 0 heterocycles. The zero-order valence-corrected chi connectivity index (χ0v) is 24.4. The topological polar surface area (TPSA) is 6.48 Å². The lowest BCUT2D eigenvalue weighted by atomic mass is 9.95. The second-order valence-electron chi connectivity index (χ2n) is 11.9. The van der Waals surface area contributed by atoms with Crippen molar-refractivity contribution in [3.8, 4) is 0 Å². The zero-order chi connectivity index (χ0) is 28.8. The Morgan fingerprint density at radius 3 is 2.28 bits per heavy atom. The van der Waals surface area contributed by atoms with Crippen LogP contribution in [0.15, 0.2) is 152 Å². The van der Waals surface area contributed by atoms with Crippen molar-refractivity contribution in [2.24, 2.45) is 5.92 Å². The summed E-state index contributed by atoms with van der Waals surface area (Å²) in [5.74, 6) is 0.453. The van der Waals surface area contributed by atoms with Crippen molar-refractivity contribution in [3.05, 3.63) is 168 Å². The summed E-state index contributed by atoms with van der Waals surface area (Å²) in [5.41, 5.74) is 10.1. The normalized spacial score (nSPS) is 19.7. The van der Waals surface area contributed by atoms with Gasteiger partial charge in [0.25, 0.3) is 0 Å². The highest BCUT2D eigenvalue weighted by atomic mass is 15.3. The number of nitrogens with zero attached hydrogens (tertiary/aromatic N) is 2. The van der Waals surface area contributed by atoms with Gasteiger partial charge in [-0.1, -0.05) is 121 Å². The lowest BCUT2D eigenvalue weighted by molar-refractivity contribution is 0.755. The van der Waals surface area contributed by atoms with Gasteiger partial charge in [-0.2, -0.15) is 0 Å². The second-order valence-corrected chi connectivity index (χ2v) is 11.9. The third-order valence-corrected chi connectivity index (χ3v) is 9.37. The minimum atomic E-state index is -0.0790. The molecule has 3 aliphatic carbocycles. The van der Waals surface area contributed by atoms with E-state index in [2.05, 4.69) is 175 Å². The van der Waals surface area contributed by atoms with Gasteiger partial charge >= 0.3 is 0 Å². The number of hydrogen-bond acceptors (Lipinski definition) is 2. The van der Waals surface area contributed by atoms with Crippen molar-refractivity contribution in [1.29, 1.82) is 0 Å². The van der Waals surface area contributed by atoms with Crippen molar-refractivity contribution in [1.82, 2.24) is 0 Å². The molecule has 1 saturated carbocycles. The van der Waals surface area contributed by atoms with Gasteiger partial charge in [0.15, 0.2) is 0 Å². The molecule has 208 valence electrons. The minimum absolute atomic E-state index is 0.0790. The molecule has 0 N–H and O–H groups in total. The van der Waals surface area contributed by atoms with Crippen LogP contribution in [-0.4, -0.2) is 12.6 Å². The van der Waals surface area contributed by atoms with Gasteiger partial charge in [0.1, 0.15) is 0 Å². The summed E-state index contributed by atoms with van der Waals surface area (Å²) in [4.78, 5) is 4.91. The molecule has 0 saturated heterocycles. The van der Waals surface area contributed by atoms with E-state index in [1.165, 1.54) is 55.8 Å². The monoisotopic (exact) mass is 554 g/mol. The van der Waals surface area contributed by atoms with E-state index in [0.29, 0.717) is 5.92 Å². The smallest absolute Gasteiger partial charge is 0.0707 e. The predicted octanol–water partition coefficient (Wildman–Crippen LogP) is 10.3. The zero-order valence-electron chi connectivity index (χ0n) is 24.4. The van der Waals surface area contributed by atoms with Gasteiger partial charge < -0.3 is 9.80 Å². The number of fused-ring (bicyclic) bond motifs is 3. The molecular weight excluding hydrogens is 520 g/mol. The van der Waals surface area contributed by atoms with Gasteiger partial charge in [-0.15, -0.1) is 0 Å². The lowest BCUT2D eigenvalue weighted by Crippen LogP contribution is -2.34. The van der Waals surface area contributed by atoms with Crippen LogP contribution in [0.4, 0.5) is 22.7 Å². The van der Waals surface area contributed by atoms with Crippen LogP contribution >= 0.6 is 0 Å². The van der Waals surface area contributed by atoms with Crippen LogP contribution in [0.25, 0.3) is 22.4 Å². The average molecular weight is 555 g/mol. The van der Waals surface area contributed by atoms with Gasteiger partial charge in [-0.25, -0.2) is 0 Å². The number of rotatable bonds is 6. The number of anilines is 4. The Hall–Kier alpha value is -5.08. The third-order valence-electron chi connectivity index (χ3n) is 9.37. The highest BCUT2D eigenvalue weighted by Crippen LogP contribution is 2.58. The maximum Gasteiger partial charge on any atom is 0.0707 e. The van der Waals surface area contributed by atoms with Crippen molar-refractivity contribution in [2.45, 2.75) is 18.4 Å². The average Bonchev–Trinajstić information content (AvgIpc) is 3.84. The standard InChI is InChI=1S/C41H34N2/c1-42(39-20-10-16-31-14-6-3-7-18-37(31)39)35-22-24-36(25-23-35)43(40-21-11-17-32-15-8-9-19-38(32)40)41-27-26-33(28-34(41)29-41)30-12-4-2-5-13-30/h2-13,15-28,34H,14,29H2,1H3. The molecule has 1 fully saturated rings. The van der Waals surface area contributed by atoms with Gasteiger partial charge in [0, 0.05) is 46.7 Å². The Kier molecular flexibility index (Phi) is 6.15. The summed E-state index contributed by atoms with van der Waals surface area (Å²) in [6, 6.07) is 42.0. The molecule has 0 bridgehead atoms. The molecule has 3 aliphatic rings. The molecule has 0 spiro atoms. The second kappa shape index (κ2) is 10.3. The summed E-state index contributed by atoms with van der Waals surface area (Å²) >= 11 is 0. The van der Waals surface area contributed by atoms with E-state index in [0.717, 1.165) is 12.8 Å². The highest BCUT2D eigenvalue weighted by Gasteiger charge is 2.57. The number of hydrogen-bond donors (Lipinski definition) is 0. The quantitative estimate of drug-likeness (QED) is 0.206. The molecule has 43 heavy (non-hydrogen) atoms. The molecule has 5 aromatic rings. The first-order chi connectivity index (χ1) is 21.2. The molecule has 8 rings (SSSR count). The summed E-state index contributed by atoms with van der Waals surface area (Å²) in [5, 5.41) is 2.55. The summed E-state index contributed by atoms with van der Waals surface area (Å²) in [6.45, 7) is 0. The van der Waals surface area contributed by atoms with E-state index in [1.807, 2.05) is 0 Å². The van der Waals surface area contributed by atoms with Crippen molar-refractivity contribution < 1.29 is 0 Å². The lowest BCUT2D eigenvalue weighted by Gasteiger charge is -2.36. The summed E-state index contributed by atoms with van der Waals surface area (Å²) < 4.78 is 0. The molecule has 2 unspecified atom stereocenters. The molecule has 2 atom stereocenters. The van der Waals surface area contributed by atoms with Gasteiger partial charge in [-0.05, 0) is 71.3 Å². The largest absolute Gasteiger partial charge is 0.344 e. The fourth-order valence-corrected chi connectivity index (χ4v) is 7.01.